The predicted molar refractivity (Wildman–Crippen MR) is 60.9 cm³/mol. The number of anilines is 1. The van der Waals surface area contributed by atoms with Gasteiger partial charge in [0.15, 0.2) is 0 Å². The van der Waals surface area contributed by atoms with E-state index in [0.29, 0.717) is 6.54 Å². The third-order valence-corrected chi connectivity index (χ3v) is 2.74. The number of rotatable bonds is 2. The molecule has 1 nitrogen and oxygen atoms in total. The highest BCUT2D eigenvalue weighted by Crippen LogP contribution is 2.24. The van der Waals surface area contributed by atoms with Crippen molar-refractivity contribution in [2.24, 2.45) is 0 Å². The van der Waals surface area contributed by atoms with E-state index < -0.39 is 0 Å². The van der Waals surface area contributed by atoms with Gasteiger partial charge in [0.25, 0.3) is 0 Å². The first-order chi connectivity index (χ1) is 6.15. The second kappa shape index (κ2) is 4.34. The number of hydrogen-bond donors (Lipinski definition) is 1. The largest absolute Gasteiger partial charge is 0.374 e. The fourth-order valence-corrected chi connectivity index (χ4v) is 1.51. The highest BCUT2D eigenvalue weighted by molar-refractivity contribution is 9.10. The molecule has 1 aromatic rings. The highest BCUT2D eigenvalue weighted by Gasteiger charge is 2.00. The second-order valence-electron chi connectivity index (χ2n) is 2.97. The van der Waals surface area contributed by atoms with Gasteiger partial charge in [-0.05, 0) is 31.0 Å². The van der Waals surface area contributed by atoms with Crippen LogP contribution < -0.4 is 5.32 Å². The van der Waals surface area contributed by atoms with E-state index in [9.17, 15) is 0 Å². The lowest BCUT2D eigenvalue weighted by molar-refractivity contribution is 1.29. The van der Waals surface area contributed by atoms with Crippen molar-refractivity contribution in [2.45, 2.75) is 13.8 Å². The summed E-state index contributed by atoms with van der Waals surface area (Å²) in [5, 5.41) is 3.16. The summed E-state index contributed by atoms with van der Waals surface area (Å²) in [6.07, 6.45) is 5.17. The fraction of sp³-hybridized carbons (Fsp3) is 0.273. The van der Waals surface area contributed by atoms with Gasteiger partial charge in [0.2, 0.25) is 0 Å². The number of terminal acetylenes is 1. The molecule has 0 saturated carbocycles. The summed E-state index contributed by atoms with van der Waals surface area (Å²) < 4.78 is 1.11. The van der Waals surface area contributed by atoms with E-state index in [0.717, 1.165) is 10.2 Å². The van der Waals surface area contributed by atoms with Crippen molar-refractivity contribution >= 4 is 21.6 Å². The van der Waals surface area contributed by atoms with Crippen molar-refractivity contribution in [1.82, 2.24) is 0 Å². The lowest BCUT2D eigenvalue weighted by Gasteiger charge is -2.09. The normalized spacial score (nSPS) is 9.38. The second-order valence-corrected chi connectivity index (χ2v) is 3.83. The molecule has 0 aliphatic heterocycles. The molecule has 0 aliphatic rings. The van der Waals surface area contributed by atoms with Gasteiger partial charge in [0.1, 0.15) is 0 Å². The van der Waals surface area contributed by atoms with Crippen LogP contribution in [0.25, 0.3) is 0 Å². The molecule has 0 fully saturated rings. The van der Waals surface area contributed by atoms with Crippen molar-refractivity contribution in [3.8, 4) is 12.3 Å². The Morgan fingerprint density at radius 2 is 2.08 bits per heavy atom. The maximum Gasteiger partial charge on any atom is 0.0763 e. The third kappa shape index (κ3) is 2.50. The summed E-state index contributed by atoms with van der Waals surface area (Å²) in [6, 6.07) is 4.19. The SMILES string of the molecule is C#CCNc1cc(Br)c(C)cc1C. The van der Waals surface area contributed by atoms with E-state index in [1.165, 1.54) is 11.1 Å². The van der Waals surface area contributed by atoms with Crippen LogP contribution in [0.3, 0.4) is 0 Å². The molecule has 0 spiro atoms. The zero-order chi connectivity index (χ0) is 9.84. The molecule has 0 atom stereocenters. The summed E-state index contributed by atoms with van der Waals surface area (Å²) in [4.78, 5) is 0. The number of halogens is 1. The molecule has 1 aromatic carbocycles. The third-order valence-electron chi connectivity index (χ3n) is 1.89. The van der Waals surface area contributed by atoms with Crippen molar-refractivity contribution in [3.63, 3.8) is 0 Å². The standard InChI is InChI=1S/C11H12BrN/c1-4-5-13-11-7-10(12)8(2)6-9(11)3/h1,6-7,13H,5H2,2-3H3. The van der Waals surface area contributed by atoms with Gasteiger partial charge in [0, 0.05) is 10.2 Å². The Kier molecular flexibility index (Phi) is 3.39. The van der Waals surface area contributed by atoms with Crippen molar-refractivity contribution in [2.75, 3.05) is 11.9 Å². The average Bonchev–Trinajstić information content (AvgIpc) is 2.09. The first-order valence-electron chi connectivity index (χ1n) is 4.09. The molecule has 0 amide bonds. The molecule has 0 heterocycles. The van der Waals surface area contributed by atoms with Crippen LogP contribution in [0.5, 0.6) is 0 Å². The molecule has 1 rings (SSSR count). The van der Waals surface area contributed by atoms with Crippen LogP contribution in [0.2, 0.25) is 0 Å². The van der Waals surface area contributed by atoms with E-state index in [-0.39, 0.29) is 0 Å². The molecule has 0 aromatic heterocycles. The predicted octanol–water partition coefficient (Wildman–Crippen LogP) is 3.11. The maximum atomic E-state index is 5.17. The Labute approximate surface area is 87.7 Å². The topological polar surface area (TPSA) is 12.0 Å². The van der Waals surface area contributed by atoms with E-state index >= 15 is 0 Å². The molecule has 0 aliphatic carbocycles. The number of hydrogen-bond acceptors (Lipinski definition) is 1. The van der Waals surface area contributed by atoms with Gasteiger partial charge in [-0.25, -0.2) is 0 Å². The van der Waals surface area contributed by atoms with E-state index in [2.05, 4.69) is 53.1 Å². The molecule has 0 saturated heterocycles. The van der Waals surface area contributed by atoms with Gasteiger partial charge in [-0.15, -0.1) is 6.42 Å². The Balaban J connectivity index is 2.96. The Hall–Kier alpha value is -0.940. The minimum Gasteiger partial charge on any atom is -0.374 e. The van der Waals surface area contributed by atoms with Gasteiger partial charge in [-0.3, -0.25) is 0 Å². The van der Waals surface area contributed by atoms with Crippen molar-refractivity contribution in [1.29, 1.82) is 0 Å². The summed E-state index contributed by atoms with van der Waals surface area (Å²) in [5.74, 6) is 2.55. The molecule has 0 bridgehead atoms. The fourth-order valence-electron chi connectivity index (χ4n) is 1.16. The van der Waals surface area contributed by atoms with Crippen LogP contribution in [-0.2, 0) is 0 Å². The molecule has 0 radical (unpaired) electrons. The number of aryl methyl sites for hydroxylation is 2. The van der Waals surface area contributed by atoms with Crippen LogP contribution in [0.1, 0.15) is 11.1 Å². The molecule has 13 heavy (non-hydrogen) atoms. The summed E-state index contributed by atoms with van der Waals surface area (Å²) >= 11 is 3.48. The molecule has 68 valence electrons. The summed E-state index contributed by atoms with van der Waals surface area (Å²) in [7, 11) is 0. The van der Waals surface area contributed by atoms with Crippen LogP contribution in [0.15, 0.2) is 16.6 Å². The van der Waals surface area contributed by atoms with Crippen molar-refractivity contribution in [3.05, 3.63) is 27.7 Å². The summed E-state index contributed by atoms with van der Waals surface area (Å²) in [5.41, 5.74) is 3.55. The van der Waals surface area contributed by atoms with Crippen LogP contribution in [0, 0.1) is 26.2 Å². The molecular formula is C11H12BrN. The lowest BCUT2D eigenvalue weighted by Crippen LogP contribution is -2.00. The average molecular weight is 238 g/mol. The Bertz CT molecular complexity index is 350. The van der Waals surface area contributed by atoms with Crippen LogP contribution >= 0.6 is 15.9 Å². The zero-order valence-corrected chi connectivity index (χ0v) is 9.40. The van der Waals surface area contributed by atoms with Crippen LogP contribution in [0.4, 0.5) is 5.69 Å². The highest BCUT2D eigenvalue weighted by atomic mass is 79.9. The number of nitrogens with one attached hydrogen (secondary N) is 1. The van der Waals surface area contributed by atoms with E-state index in [1.807, 2.05) is 0 Å². The summed E-state index contributed by atoms with van der Waals surface area (Å²) in [6.45, 7) is 4.71. The molecule has 1 N–H and O–H groups in total. The van der Waals surface area contributed by atoms with Gasteiger partial charge in [0.05, 0.1) is 6.54 Å². The first-order valence-corrected chi connectivity index (χ1v) is 4.88. The van der Waals surface area contributed by atoms with E-state index in [1.54, 1.807) is 0 Å². The first kappa shape index (κ1) is 10.1. The molecule has 2 heteroatoms. The minimum atomic E-state index is 0.566. The maximum absolute atomic E-state index is 5.17. The van der Waals surface area contributed by atoms with Gasteiger partial charge < -0.3 is 5.32 Å². The van der Waals surface area contributed by atoms with E-state index in [4.69, 9.17) is 6.42 Å². The minimum absolute atomic E-state index is 0.566. The Morgan fingerprint density at radius 1 is 1.38 bits per heavy atom. The quantitative estimate of drug-likeness (QED) is 0.780. The zero-order valence-electron chi connectivity index (χ0n) is 7.82. The van der Waals surface area contributed by atoms with Crippen molar-refractivity contribution < 1.29 is 0 Å². The number of benzene rings is 1. The smallest absolute Gasteiger partial charge is 0.0763 e. The van der Waals surface area contributed by atoms with Crippen LogP contribution in [-0.4, -0.2) is 6.54 Å². The lowest BCUT2D eigenvalue weighted by atomic mass is 10.1. The van der Waals surface area contributed by atoms with Gasteiger partial charge in [-0.1, -0.05) is 27.9 Å². The monoisotopic (exact) mass is 237 g/mol. The molecular weight excluding hydrogens is 226 g/mol. The Morgan fingerprint density at radius 3 is 2.69 bits per heavy atom. The van der Waals surface area contributed by atoms with Gasteiger partial charge >= 0.3 is 0 Å². The molecule has 0 unspecified atom stereocenters. The van der Waals surface area contributed by atoms with Gasteiger partial charge in [-0.2, -0.15) is 0 Å².